The Morgan fingerprint density at radius 3 is 1.29 bits per heavy atom. The highest BCUT2D eigenvalue weighted by molar-refractivity contribution is 7.27. The molecule has 34 heavy (non-hydrogen) atoms. The van der Waals surface area contributed by atoms with Crippen molar-refractivity contribution in [3.8, 4) is 19.5 Å². The molecule has 166 valence electrons. The van der Waals surface area contributed by atoms with E-state index in [-0.39, 0.29) is 0 Å². The SMILES string of the molecule is Cc1ccc(-c2cc3/c(=N\N)c4cc5c(cc4c3s2)/c(=N/N)c2cc(-c3ccc(C)s3)sc25)s1. The highest BCUT2D eigenvalue weighted by atomic mass is 32.1. The van der Waals surface area contributed by atoms with Gasteiger partial charge in [0.2, 0.25) is 0 Å². The summed E-state index contributed by atoms with van der Waals surface area (Å²) in [5, 5.41) is 16.9. The number of hydrogen-bond acceptors (Lipinski definition) is 8. The zero-order chi connectivity index (χ0) is 23.1. The average molecular weight is 515 g/mol. The van der Waals surface area contributed by atoms with E-state index in [2.05, 4.69) is 72.6 Å². The molecule has 8 heteroatoms. The molecular formula is C26H18N4S4. The van der Waals surface area contributed by atoms with Crippen LogP contribution in [0.3, 0.4) is 0 Å². The minimum atomic E-state index is 0.855. The van der Waals surface area contributed by atoms with Gasteiger partial charge >= 0.3 is 0 Å². The fraction of sp³-hybridized carbons (Fsp3) is 0.0769. The van der Waals surface area contributed by atoms with E-state index in [1.807, 2.05) is 22.7 Å². The number of thiophene rings is 4. The van der Waals surface area contributed by atoms with Gasteiger partial charge < -0.3 is 11.7 Å². The second-order valence-corrected chi connectivity index (χ2v) is 13.1. The van der Waals surface area contributed by atoms with E-state index in [0.717, 1.165) is 43.0 Å². The van der Waals surface area contributed by atoms with E-state index in [4.69, 9.17) is 11.7 Å². The summed E-state index contributed by atoms with van der Waals surface area (Å²) < 4.78 is 2.42. The Morgan fingerprint density at radius 1 is 0.500 bits per heavy atom. The molecule has 0 amide bonds. The van der Waals surface area contributed by atoms with Crippen molar-refractivity contribution in [1.29, 1.82) is 0 Å². The molecule has 7 aromatic rings. The molecular weight excluding hydrogens is 497 g/mol. The maximum atomic E-state index is 5.95. The third kappa shape index (κ3) is 2.74. The lowest BCUT2D eigenvalue weighted by Gasteiger charge is -1.96. The number of hydrogen-bond donors (Lipinski definition) is 2. The summed E-state index contributed by atoms with van der Waals surface area (Å²) in [5.74, 6) is 11.9. The minimum absolute atomic E-state index is 0.855. The lowest BCUT2D eigenvalue weighted by molar-refractivity contribution is 1.17. The maximum Gasteiger partial charge on any atom is 0.0993 e. The molecule has 0 radical (unpaired) electrons. The Morgan fingerprint density at radius 2 is 0.941 bits per heavy atom. The molecule has 0 bridgehead atoms. The number of aryl methyl sites for hydroxylation is 2. The Balaban J connectivity index is 1.55. The first-order valence-electron chi connectivity index (χ1n) is 10.7. The summed E-state index contributed by atoms with van der Waals surface area (Å²) in [6, 6.07) is 17.6. The monoisotopic (exact) mass is 514 g/mol. The van der Waals surface area contributed by atoms with Gasteiger partial charge in [0.25, 0.3) is 0 Å². The van der Waals surface area contributed by atoms with Gasteiger partial charge in [-0.2, -0.15) is 10.2 Å². The molecule has 0 aliphatic rings. The van der Waals surface area contributed by atoms with Gasteiger partial charge in [-0.05, 0) is 62.4 Å². The van der Waals surface area contributed by atoms with E-state index >= 15 is 0 Å². The predicted molar refractivity (Wildman–Crippen MR) is 150 cm³/mol. The summed E-state index contributed by atoms with van der Waals surface area (Å²) in [4.78, 5) is 7.66. The van der Waals surface area contributed by atoms with Gasteiger partial charge in [-0.15, -0.1) is 45.3 Å². The van der Waals surface area contributed by atoms with Crippen molar-refractivity contribution in [2.24, 2.45) is 21.9 Å². The van der Waals surface area contributed by atoms with Gasteiger partial charge in [0, 0.05) is 71.0 Å². The van der Waals surface area contributed by atoms with Crippen LogP contribution in [0.2, 0.25) is 0 Å². The van der Waals surface area contributed by atoms with E-state index in [1.54, 1.807) is 22.7 Å². The van der Waals surface area contributed by atoms with Crippen LogP contribution >= 0.6 is 45.3 Å². The van der Waals surface area contributed by atoms with Gasteiger partial charge in [-0.1, -0.05) is 0 Å². The lowest BCUT2D eigenvalue weighted by atomic mass is 10.1. The van der Waals surface area contributed by atoms with Crippen LogP contribution < -0.4 is 22.4 Å². The molecule has 4 N–H and O–H groups in total. The Hall–Kier alpha value is -3.04. The van der Waals surface area contributed by atoms with Crippen molar-refractivity contribution in [2.75, 3.05) is 0 Å². The molecule has 0 saturated carbocycles. The normalized spacial score (nSPS) is 13.6. The number of rotatable bonds is 2. The molecule has 3 aromatic carbocycles. The van der Waals surface area contributed by atoms with Crippen LogP contribution in [0, 0.1) is 13.8 Å². The summed E-state index contributed by atoms with van der Waals surface area (Å²) in [6.07, 6.45) is 0. The van der Waals surface area contributed by atoms with Crippen LogP contribution in [0.4, 0.5) is 0 Å². The quantitative estimate of drug-likeness (QED) is 0.194. The average Bonchev–Trinajstić information content (AvgIpc) is 3.63. The van der Waals surface area contributed by atoms with Crippen LogP contribution in [-0.2, 0) is 0 Å². The largest absolute Gasteiger partial charge is 0.323 e. The second kappa shape index (κ2) is 7.23. The fourth-order valence-electron chi connectivity index (χ4n) is 4.85. The smallest absolute Gasteiger partial charge is 0.0993 e. The molecule has 0 atom stereocenters. The lowest BCUT2D eigenvalue weighted by Crippen LogP contribution is -2.04. The van der Waals surface area contributed by atoms with Gasteiger partial charge in [0.1, 0.15) is 0 Å². The minimum Gasteiger partial charge on any atom is -0.323 e. The maximum absolute atomic E-state index is 5.95. The molecule has 0 fully saturated rings. The highest BCUT2D eigenvalue weighted by Gasteiger charge is 2.20. The van der Waals surface area contributed by atoms with Gasteiger partial charge in [-0.25, -0.2) is 0 Å². The fourth-order valence-corrected chi connectivity index (χ4v) is 9.12. The first-order chi connectivity index (χ1) is 16.6. The third-order valence-electron chi connectivity index (χ3n) is 6.36. The molecule has 0 saturated heterocycles. The van der Waals surface area contributed by atoms with Gasteiger partial charge in [0.15, 0.2) is 0 Å². The van der Waals surface area contributed by atoms with Gasteiger partial charge in [0.05, 0.1) is 10.7 Å². The molecule has 4 heterocycles. The third-order valence-corrected chi connectivity index (χ3v) is 11.1. The van der Waals surface area contributed by atoms with E-state index < -0.39 is 0 Å². The molecule has 0 unspecified atom stereocenters. The summed E-state index contributed by atoms with van der Waals surface area (Å²) in [7, 11) is 0. The van der Waals surface area contributed by atoms with Crippen molar-refractivity contribution < 1.29 is 0 Å². The number of nitrogens with two attached hydrogens (primary N) is 2. The van der Waals surface area contributed by atoms with Crippen LogP contribution in [0.1, 0.15) is 9.75 Å². The molecule has 0 aliphatic heterocycles. The Bertz CT molecular complexity index is 1870. The summed E-state index contributed by atoms with van der Waals surface area (Å²) in [5.41, 5.74) is 0. The molecule has 0 aliphatic carbocycles. The van der Waals surface area contributed by atoms with Crippen LogP contribution in [-0.4, -0.2) is 0 Å². The standard InChI is InChI=1S/C26H18N4S4/c1-11-3-5-19(31-11)21-9-17-23(29-27)13-8-16-14(7-15(13)25(17)33-21)24(30-28)18-10-22(34-26(16)18)20-6-4-12(2)32-20/h3-10H,27-28H2,1-2H3/b29-23-,30-24-. The van der Waals surface area contributed by atoms with Crippen molar-refractivity contribution in [3.63, 3.8) is 0 Å². The topological polar surface area (TPSA) is 76.8 Å². The second-order valence-electron chi connectivity index (χ2n) is 8.43. The first-order valence-corrected chi connectivity index (χ1v) is 14.0. The predicted octanol–water partition coefficient (Wildman–Crippen LogP) is 6.92. The molecule has 7 rings (SSSR count). The summed E-state index contributed by atoms with van der Waals surface area (Å²) in [6.45, 7) is 4.27. The summed E-state index contributed by atoms with van der Waals surface area (Å²) >= 11 is 7.22. The Kier molecular flexibility index (Phi) is 4.32. The first kappa shape index (κ1) is 20.3. The van der Waals surface area contributed by atoms with Crippen LogP contribution in [0.15, 0.2) is 58.7 Å². The van der Waals surface area contributed by atoms with E-state index in [9.17, 15) is 0 Å². The van der Waals surface area contributed by atoms with E-state index in [1.165, 1.54) is 38.7 Å². The zero-order valence-corrected chi connectivity index (χ0v) is 21.6. The van der Waals surface area contributed by atoms with Gasteiger partial charge in [-0.3, -0.25) is 0 Å². The number of fused-ring (bicyclic) bond motifs is 6. The zero-order valence-electron chi connectivity index (χ0n) is 18.3. The Labute approximate surface area is 210 Å². The van der Waals surface area contributed by atoms with Crippen molar-refractivity contribution in [3.05, 3.63) is 69.0 Å². The molecule has 4 aromatic heterocycles. The number of nitrogens with zero attached hydrogens (tertiary/aromatic N) is 2. The van der Waals surface area contributed by atoms with E-state index in [0.29, 0.717) is 0 Å². The highest BCUT2D eigenvalue weighted by Crippen LogP contribution is 2.43. The number of benzene rings is 1. The van der Waals surface area contributed by atoms with Crippen LogP contribution in [0.25, 0.3) is 61.2 Å². The van der Waals surface area contributed by atoms with Crippen molar-refractivity contribution in [2.45, 2.75) is 13.8 Å². The van der Waals surface area contributed by atoms with Crippen molar-refractivity contribution in [1.82, 2.24) is 0 Å². The molecule has 0 spiro atoms. The van der Waals surface area contributed by atoms with Crippen LogP contribution in [0.5, 0.6) is 0 Å². The molecule has 4 nitrogen and oxygen atoms in total. The van der Waals surface area contributed by atoms with Crippen molar-refractivity contribution >= 4 is 87.1 Å².